The third-order valence-corrected chi connectivity index (χ3v) is 3.78. The SMILES string of the molecule is CC(C)[C@H](C(=O)O)n1ccc(-c2cc(Cl)ccc2C#N)cc1=O. The molecule has 0 radical (unpaired) electrons. The highest BCUT2D eigenvalue weighted by atomic mass is 35.5. The average molecular weight is 331 g/mol. The van der Waals surface area contributed by atoms with Crippen LogP contribution in [0.25, 0.3) is 11.1 Å². The van der Waals surface area contributed by atoms with E-state index in [1.54, 1.807) is 38.1 Å². The molecule has 2 aromatic rings. The summed E-state index contributed by atoms with van der Waals surface area (Å²) >= 11 is 5.96. The van der Waals surface area contributed by atoms with E-state index >= 15 is 0 Å². The fourth-order valence-corrected chi connectivity index (χ4v) is 2.64. The predicted molar refractivity (Wildman–Crippen MR) is 87.4 cm³/mol. The molecule has 6 heteroatoms. The zero-order valence-corrected chi connectivity index (χ0v) is 13.4. The second kappa shape index (κ2) is 6.67. The number of aliphatic carboxylic acids is 1. The summed E-state index contributed by atoms with van der Waals surface area (Å²) in [4.78, 5) is 23.7. The number of benzene rings is 1. The molecular formula is C17H15ClN2O3. The molecular weight excluding hydrogens is 316 g/mol. The van der Waals surface area contributed by atoms with Crippen LogP contribution in [0.5, 0.6) is 0 Å². The van der Waals surface area contributed by atoms with Crippen molar-refractivity contribution in [1.82, 2.24) is 4.57 Å². The molecule has 0 bridgehead atoms. The number of carboxylic acids is 1. The van der Waals surface area contributed by atoms with Gasteiger partial charge in [-0.15, -0.1) is 0 Å². The number of rotatable bonds is 4. The summed E-state index contributed by atoms with van der Waals surface area (Å²) in [5.74, 6) is -1.30. The highest BCUT2D eigenvalue weighted by molar-refractivity contribution is 6.30. The lowest BCUT2D eigenvalue weighted by atomic mass is 10.0. The van der Waals surface area contributed by atoms with Gasteiger partial charge in [0.25, 0.3) is 5.56 Å². The molecule has 0 fully saturated rings. The van der Waals surface area contributed by atoms with E-state index in [1.165, 1.54) is 16.8 Å². The summed E-state index contributed by atoms with van der Waals surface area (Å²) in [7, 11) is 0. The van der Waals surface area contributed by atoms with Crippen LogP contribution < -0.4 is 5.56 Å². The van der Waals surface area contributed by atoms with Crippen LogP contribution in [0.1, 0.15) is 25.5 Å². The van der Waals surface area contributed by atoms with Crippen molar-refractivity contribution in [3.8, 4) is 17.2 Å². The Morgan fingerprint density at radius 3 is 2.52 bits per heavy atom. The van der Waals surface area contributed by atoms with Crippen LogP contribution in [0.15, 0.2) is 41.3 Å². The molecule has 0 spiro atoms. The second-order valence-corrected chi connectivity index (χ2v) is 5.93. The smallest absolute Gasteiger partial charge is 0.327 e. The maximum atomic E-state index is 12.3. The lowest BCUT2D eigenvalue weighted by molar-refractivity contribution is -0.142. The first-order valence-electron chi connectivity index (χ1n) is 7.00. The molecule has 0 saturated carbocycles. The van der Waals surface area contributed by atoms with Crippen LogP contribution in [0.4, 0.5) is 0 Å². The minimum absolute atomic E-state index is 0.239. The van der Waals surface area contributed by atoms with Crippen LogP contribution in [0, 0.1) is 17.2 Å². The van der Waals surface area contributed by atoms with Crippen LogP contribution in [0.3, 0.4) is 0 Å². The van der Waals surface area contributed by atoms with E-state index in [0.29, 0.717) is 21.7 Å². The Labute approximate surface area is 138 Å². The van der Waals surface area contributed by atoms with Gasteiger partial charge in [0.15, 0.2) is 0 Å². The fourth-order valence-electron chi connectivity index (χ4n) is 2.47. The number of hydrogen-bond donors (Lipinski definition) is 1. The predicted octanol–water partition coefficient (Wildman–Crippen LogP) is 3.32. The number of pyridine rings is 1. The molecule has 2 rings (SSSR count). The zero-order chi connectivity index (χ0) is 17.1. The summed E-state index contributed by atoms with van der Waals surface area (Å²) in [6.07, 6.45) is 1.44. The van der Waals surface area contributed by atoms with Gasteiger partial charge in [0.05, 0.1) is 11.6 Å². The van der Waals surface area contributed by atoms with Crippen LogP contribution in [-0.2, 0) is 4.79 Å². The first kappa shape index (κ1) is 16.8. The highest BCUT2D eigenvalue weighted by Crippen LogP contribution is 2.26. The van der Waals surface area contributed by atoms with E-state index in [9.17, 15) is 20.0 Å². The van der Waals surface area contributed by atoms with Gasteiger partial charge in [0.1, 0.15) is 6.04 Å². The van der Waals surface area contributed by atoms with Gasteiger partial charge in [-0.25, -0.2) is 4.79 Å². The lowest BCUT2D eigenvalue weighted by Crippen LogP contribution is -2.32. The quantitative estimate of drug-likeness (QED) is 0.932. The average Bonchev–Trinajstić information content (AvgIpc) is 2.48. The lowest BCUT2D eigenvalue weighted by Gasteiger charge is -2.19. The van der Waals surface area contributed by atoms with E-state index in [4.69, 9.17) is 11.6 Å². The molecule has 118 valence electrons. The minimum Gasteiger partial charge on any atom is -0.480 e. The molecule has 1 aromatic heterocycles. The third-order valence-electron chi connectivity index (χ3n) is 3.55. The van der Waals surface area contributed by atoms with Crippen LogP contribution in [-0.4, -0.2) is 15.6 Å². The van der Waals surface area contributed by atoms with Crippen molar-refractivity contribution in [3.63, 3.8) is 0 Å². The Morgan fingerprint density at radius 1 is 1.30 bits per heavy atom. The van der Waals surface area contributed by atoms with Gasteiger partial charge < -0.3 is 9.67 Å². The summed E-state index contributed by atoms with van der Waals surface area (Å²) in [5.41, 5.74) is 1.02. The van der Waals surface area contributed by atoms with E-state index < -0.39 is 17.6 Å². The van der Waals surface area contributed by atoms with Crippen LogP contribution in [0.2, 0.25) is 5.02 Å². The number of halogens is 1. The Morgan fingerprint density at radius 2 is 2.00 bits per heavy atom. The Bertz CT molecular complexity index is 850. The van der Waals surface area contributed by atoms with Gasteiger partial charge in [-0.1, -0.05) is 25.4 Å². The molecule has 0 aliphatic carbocycles. The molecule has 1 aromatic carbocycles. The molecule has 0 aliphatic rings. The van der Waals surface area contributed by atoms with E-state index in [0.717, 1.165) is 0 Å². The highest BCUT2D eigenvalue weighted by Gasteiger charge is 2.24. The van der Waals surface area contributed by atoms with Crippen molar-refractivity contribution in [3.05, 3.63) is 57.5 Å². The second-order valence-electron chi connectivity index (χ2n) is 5.49. The maximum Gasteiger partial charge on any atom is 0.327 e. The number of nitrogens with zero attached hydrogens (tertiary/aromatic N) is 2. The summed E-state index contributed by atoms with van der Waals surface area (Å²) < 4.78 is 1.19. The molecule has 1 heterocycles. The first-order valence-corrected chi connectivity index (χ1v) is 7.38. The largest absolute Gasteiger partial charge is 0.480 e. The summed E-state index contributed by atoms with van der Waals surface area (Å²) in [5, 5.41) is 18.9. The van der Waals surface area contributed by atoms with E-state index in [-0.39, 0.29) is 5.92 Å². The third kappa shape index (κ3) is 3.43. The molecule has 0 unspecified atom stereocenters. The van der Waals surface area contributed by atoms with Gasteiger partial charge in [0, 0.05) is 22.8 Å². The standard InChI is InChI=1S/C17H15ClN2O3/c1-10(2)16(17(22)23)20-6-5-11(7-15(20)21)14-8-13(18)4-3-12(14)9-19/h3-8,10,16H,1-2H3,(H,22,23)/t16-/m1/s1. The number of hydrogen-bond acceptors (Lipinski definition) is 3. The van der Waals surface area contributed by atoms with Gasteiger partial charge in [-0.2, -0.15) is 5.26 Å². The monoisotopic (exact) mass is 330 g/mol. The normalized spacial score (nSPS) is 12.0. The molecule has 5 nitrogen and oxygen atoms in total. The molecule has 1 atom stereocenters. The molecule has 0 aliphatic heterocycles. The topological polar surface area (TPSA) is 83.1 Å². The van der Waals surface area contributed by atoms with Crippen molar-refractivity contribution in [2.45, 2.75) is 19.9 Å². The van der Waals surface area contributed by atoms with Crippen molar-refractivity contribution in [2.75, 3.05) is 0 Å². The van der Waals surface area contributed by atoms with Gasteiger partial charge in [0.2, 0.25) is 0 Å². The summed E-state index contributed by atoms with van der Waals surface area (Å²) in [6.45, 7) is 3.48. The maximum absolute atomic E-state index is 12.3. The molecule has 0 amide bonds. The Balaban J connectivity index is 2.57. The fraction of sp³-hybridized carbons (Fsp3) is 0.235. The Kier molecular flexibility index (Phi) is 4.87. The summed E-state index contributed by atoms with van der Waals surface area (Å²) in [6, 6.07) is 8.85. The van der Waals surface area contributed by atoms with Crippen molar-refractivity contribution in [1.29, 1.82) is 5.26 Å². The number of carboxylic acid groups (broad SMARTS) is 1. The van der Waals surface area contributed by atoms with E-state index in [2.05, 4.69) is 6.07 Å². The van der Waals surface area contributed by atoms with Crippen molar-refractivity contribution >= 4 is 17.6 Å². The molecule has 0 saturated heterocycles. The molecule has 1 N–H and O–H groups in total. The number of aromatic nitrogens is 1. The van der Waals surface area contributed by atoms with Crippen molar-refractivity contribution in [2.24, 2.45) is 5.92 Å². The zero-order valence-electron chi connectivity index (χ0n) is 12.7. The number of nitriles is 1. The minimum atomic E-state index is -1.06. The Hall–Kier alpha value is -2.58. The van der Waals surface area contributed by atoms with Gasteiger partial charge in [-0.05, 0) is 35.7 Å². The first-order chi connectivity index (χ1) is 10.8. The van der Waals surface area contributed by atoms with Gasteiger partial charge in [-0.3, -0.25) is 4.79 Å². The number of carbonyl (C=O) groups is 1. The van der Waals surface area contributed by atoms with E-state index in [1.807, 2.05) is 0 Å². The van der Waals surface area contributed by atoms with Crippen molar-refractivity contribution < 1.29 is 9.90 Å². The van der Waals surface area contributed by atoms with Gasteiger partial charge >= 0.3 is 5.97 Å². The van der Waals surface area contributed by atoms with Crippen LogP contribution >= 0.6 is 11.6 Å². The molecule has 23 heavy (non-hydrogen) atoms.